The van der Waals surface area contributed by atoms with E-state index in [1.165, 1.54) is 0 Å². The van der Waals surface area contributed by atoms with Gasteiger partial charge in [-0.15, -0.1) is 10.2 Å². The third-order valence-electron chi connectivity index (χ3n) is 3.12. The molecule has 1 N–H and O–H groups in total. The maximum atomic E-state index is 5.19. The van der Waals surface area contributed by atoms with Crippen molar-refractivity contribution in [3.05, 3.63) is 24.3 Å². The minimum Gasteiger partial charge on any atom is -0.497 e. The zero-order valence-electron chi connectivity index (χ0n) is 10.2. The van der Waals surface area contributed by atoms with Crippen LogP contribution >= 0.6 is 0 Å². The van der Waals surface area contributed by atoms with Gasteiger partial charge < -0.3 is 10.1 Å². The summed E-state index contributed by atoms with van der Waals surface area (Å²) in [4.78, 5) is 1.70. The second-order valence-corrected chi connectivity index (χ2v) is 4.31. The molecule has 0 saturated carbocycles. The third-order valence-corrected chi connectivity index (χ3v) is 3.12. The maximum Gasteiger partial charge on any atom is 0.205 e. The van der Waals surface area contributed by atoms with Crippen molar-refractivity contribution in [1.29, 1.82) is 0 Å². The Hall–Kier alpha value is -1.95. The molecule has 1 saturated heterocycles. The van der Waals surface area contributed by atoms with Crippen molar-refractivity contribution in [2.24, 2.45) is 0 Å². The Bertz CT molecular complexity index is 533. The SMILES string of the molecule is COc1cccc(-c2nnn(C3CCNC3)n2)c1. The lowest BCUT2D eigenvalue weighted by molar-refractivity contribution is 0.415. The first-order valence-electron chi connectivity index (χ1n) is 6.01. The molecule has 1 aromatic heterocycles. The average Bonchev–Trinajstić information content (AvgIpc) is 3.09. The Balaban J connectivity index is 1.87. The van der Waals surface area contributed by atoms with Crippen LogP contribution in [-0.4, -0.2) is 40.4 Å². The fraction of sp³-hybridized carbons (Fsp3) is 0.417. The number of hydrogen-bond donors (Lipinski definition) is 1. The fourth-order valence-corrected chi connectivity index (χ4v) is 2.09. The van der Waals surface area contributed by atoms with Gasteiger partial charge in [0.2, 0.25) is 5.82 Å². The van der Waals surface area contributed by atoms with Crippen LogP contribution in [0, 0.1) is 0 Å². The van der Waals surface area contributed by atoms with Crippen LogP contribution in [0.25, 0.3) is 11.4 Å². The Morgan fingerprint density at radius 1 is 1.44 bits per heavy atom. The first kappa shape index (κ1) is 11.2. The van der Waals surface area contributed by atoms with Crippen LogP contribution in [0.2, 0.25) is 0 Å². The van der Waals surface area contributed by atoms with Gasteiger partial charge >= 0.3 is 0 Å². The van der Waals surface area contributed by atoms with Crippen LogP contribution in [0.3, 0.4) is 0 Å². The highest BCUT2D eigenvalue weighted by Gasteiger charge is 2.19. The standard InChI is InChI=1S/C12H15N5O/c1-18-11-4-2-3-9(7-11)12-14-16-17(15-12)10-5-6-13-8-10/h2-4,7,10,13H,5-6,8H2,1H3. The molecule has 0 aliphatic carbocycles. The van der Waals surface area contributed by atoms with Crippen LogP contribution in [0.1, 0.15) is 12.5 Å². The van der Waals surface area contributed by atoms with E-state index < -0.39 is 0 Å². The van der Waals surface area contributed by atoms with E-state index in [1.807, 2.05) is 24.3 Å². The van der Waals surface area contributed by atoms with E-state index in [0.29, 0.717) is 11.9 Å². The molecular formula is C12H15N5O. The molecule has 18 heavy (non-hydrogen) atoms. The molecule has 0 bridgehead atoms. The van der Waals surface area contributed by atoms with Gasteiger partial charge in [0.1, 0.15) is 5.75 Å². The van der Waals surface area contributed by atoms with Crippen LogP contribution in [-0.2, 0) is 0 Å². The minimum absolute atomic E-state index is 0.317. The van der Waals surface area contributed by atoms with Crippen LogP contribution in [0.4, 0.5) is 0 Å². The summed E-state index contributed by atoms with van der Waals surface area (Å²) in [6, 6.07) is 8.00. The highest BCUT2D eigenvalue weighted by Crippen LogP contribution is 2.21. The van der Waals surface area contributed by atoms with Crippen molar-refractivity contribution < 1.29 is 4.74 Å². The van der Waals surface area contributed by atoms with E-state index in [4.69, 9.17) is 4.74 Å². The molecule has 0 spiro atoms. The Labute approximate surface area is 105 Å². The molecule has 94 valence electrons. The molecule has 1 aliphatic heterocycles. The molecule has 1 aliphatic rings. The van der Waals surface area contributed by atoms with E-state index in [2.05, 4.69) is 20.7 Å². The number of nitrogens with zero attached hydrogens (tertiary/aromatic N) is 4. The summed E-state index contributed by atoms with van der Waals surface area (Å²) in [7, 11) is 1.65. The summed E-state index contributed by atoms with van der Waals surface area (Å²) in [5, 5.41) is 16.0. The fourth-order valence-electron chi connectivity index (χ4n) is 2.09. The third kappa shape index (κ3) is 2.06. The van der Waals surface area contributed by atoms with Crippen LogP contribution in [0.5, 0.6) is 5.75 Å². The molecule has 1 atom stereocenters. The van der Waals surface area contributed by atoms with E-state index in [1.54, 1.807) is 11.9 Å². The lowest BCUT2D eigenvalue weighted by atomic mass is 10.2. The van der Waals surface area contributed by atoms with Gasteiger partial charge in [-0.25, -0.2) is 0 Å². The van der Waals surface area contributed by atoms with Crippen molar-refractivity contribution in [2.75, 3.05) is 20.2 Å². The molecular weight excluding hydrogens is 230 g/mol. The zero-order valence-corrected chi connectivity index (χ0v) is 10.2. The quantitative estimate of drug-likeness (QED) is 0.869. The summed E-state index contributed by atoms with van der Waals surface area (Å²) in [6.07, 6.45) is 1.05. The lowest BCUT2D eigenvalue weighted by Gasteiger charge is -2.04. The minimum atomic E-state index is 0.317. The Morgan fingerprint density at radius 2 is 2.39 bits per heavy atom. The number of benzene rings is 1. The van der Waals surface area contributed by atoms with Crippen LogP contribution in [0.15, 0.2) is 24.3 Å². The van der Waals surface area contributed by atoms with Crippen molar-refractivity contribution in [3.63, 3.8) is 0 Å². The van der Waals surface area contributed by atoms with Crippen molar-refractivity contribution >= 4 is 0 Å². The number of hydrogen-bond acceptors (Lipinski definition) is 5. The molecule has 3 rings (SSSR count). The number of methoxy groups -OCH3 is 1. The zero-order chi connectivity index (χ0) is 12.4. The monoisotopic (exact) mass is 245 g/mol. The van der Waals surface area contributed by atoms with Gasteiger partial charge in [-0.1, -0.05) is 12.1 Å². The van der Waals surface area contributed by atoms with Crippen molar-refractivity contribution in [3.8, 4) is 17.1 Å². The van der Waals surface area contributed by atoms with Gasteiger partial charge in [0, 0.05) is 12.1 Å². The van der Waals surface area contributed by atoms with Gasteiger partial charge in [-0.2, -0.15) is 4.80 Å². The average molecular weight is 245 g/mol. The maximum absolute atomic E-state index is 5.19. The molecule has 6 nitrogen and oxygen atoms in total. The molecule has 2 aromatic rings. The number of rotatable bonds is 3. The highest BCUT2D eigenvalue weighted by atomic mass is 16.5. The molecule has 1 fully saturated rings. The van der Waals surface area contributed by atoms with Gasteiger partial charge in [0.25, 0.3) is 0 Å². The number of tetrazole rings is 1. The second-order valence-electron chi connectivity index (χ2n) is 4.31. The van der Waals surface area contributed by atoms with Gasteiger partial charge in [-0.3, -0.25) is 0 Å². The topological polar surface area (TPSA) is 64.9 Å². The molecule has 6 heteroatoms. The largest absolute Gasteiger partial charge is 0.497 e. The molecule has 1 unspecified atom stereocenters. The van der Waals surface area contributed by atoms with E-state index in [-0.39, 0.29) is 0 Å². The predicted molar refractivity (Wildman–Crippen MR) is 66.3 cm³/mol. The summed E-state index contributed by atoms with van der Waals surface area (Å²) in [6.45, 7) is 1.93. The molecule has 0 radical (unpaired) electrons. The molecule has 0 amide bonds. The van der Waals surface area contributed by atoms with Crippen molar-refractivity contribution in [2.45, 2.75) is 12.5 Å². The number of nitrogens with one attached hydrogen (secondary N) is 1. The van der Waals surface area contributed by atoms with Crippen molar-refractivity contribution in [1.82, 2.24) is 25.5 Å². The normalized spacial score (nSPS) is 19.1. The van der Waals surface area contributed by atoms with Gasteiger partial charge in [-0.05, 0) is 30.3 Å². The summed E-state index contributed by atoms with van der Waals surface area (Å²) in [5.41, 5.74) is 0.923. The first-order valence-corrected chi connectivity index (χ1v) is 6.01. The second kappa shape index (κ2) is 4.73. The lowest BCUT2D eigenvalue weighted by Crippen LogP contribution is -2.15. The summed E-state index contributed by atoms with van der Waals surface area (Å²) >= 11 is 0. The number of aromatic nitrogens is 4. The first-order chi connectivity index (χ1) is 8.86. The van der Waals surface area contributed by atoms with Gasteiger partial charge in [0.05, 0.1) is 13.2 Å². The summed E-state index contributed by atoms with van der Waals surface area (Å²) in [5.74, 6) is 1.44. The van der Waals surface area contributed by atoms with E-state index in [0.717, 1.165) is 30.8 Å². The summed E-state index contributed by atoms with van der Waals surface area (Å²) < 4.78 is 5.19. The predicted octanol–water partition coefficient (Wildman–Crippen LogP) is 0.883. The van der Waals surface area contributed by atoms with Crippen LogP contribution < -0.4 is 10.1 Å². The van der Waals surface area contributed by atoms with Gasteiger partial charge in [0.15, 0.2) is 0 Å². The smallest absolute Gasteiger partial charge is 0.205 e. The molecule has 2 heterocycles. The van der Waals surface area contributed by atoms with E-state index in [9.17, 15) is 0 Å². The Morgan fingerprint density at radius 3 is 3.17 bits per heavy atom. The highest BCUT2D eigenvalue weighted by molar-refractivity contribution is 5.56. The molecule has 1 aromatic carbocycles. The van der Waals surface area contributed by atoms with E-state index >= 15 is 0 Å². The Kier molecular flexibility index (Phi) is 2.93. The number of ether oxygens (including phenoxy) is 1.